The fourth-order valence-corrected chi connectivity index (χ4v) is 1.80. The second-order valence-electron chi connectivity index (χ2n) is 4.93. The Balaban J connectivity index is 2.55. The van der Waals surface area contributed by atoms with Crippen molar-refractivity contribution >= 4 is 5.91 Å². The average Bonchev–Trinajstić information content (AvgIpc) is 2.82. The van der Waals surface area contributed by atoms with Gasteiger partial charge in [0.05, 0.1) is 5.69 Å². The van der Waals surface area contributed by atoms with E-state index >= 15 is 0 Å². The van der Waals surface area contributed by atoms with Crippen LogP contribution in [-0.2, 0) is 6.54 Å². The molecule has 0 saturated heterocycles. The highest BCUT2D eigenvalue weighted by Crippen LogP contribution is 2.14. The Labute approximate surface area is 115 Å². The van der Waals surface area contributed by atoms with Crippen LogP contribution in [0.4, 0.5) is 0 Å². The molecule has 0 aromatic carbocycles. The van der Waals surface area contributed by atoms with Gasteiger partial charge in [0.1, 0.15) is 5.69 Å². The van der Waals surface area contributed by atoms with Crippen molar-refractivity contribution in [1.29, 1.82) is 0 Å². The predicted molar refractivity (Wildman–Crippen MR) is 77.5 cm³/mol. The third-order valence-electron chi connectivity index (χ3n) is 2.94. The first kappa shape index (κ1) is 15.7. The van der Waals surface area contributed by atoms with E-state index in [0.717, 1.165) is 25.2 Å². The molecular formula is C14H26N4O. The molecule has 0 aliphatic heterocycles. The lowest BCUT2D eigenvalue weighted by Gasteiger charge is -2.07. The molecule has 0 aliphatic rings. The van der Waals surface area contributed by atoms with Crippen molar-refractivity contribution in [2.75, 3.05) is 19.6 Å². The number of nitrogens with zero attached hydrogens (tertiary/aromatic N) is 2. The molecule has 19 heavy (non-hydrogen) atoms. The molecule has 1 rings (SSSR count). The van der Waals surface area contributed by atoms with Gasteiger partial charge in [-0.2, -0.15) is 5.10 Å². The Kier molecular flexibility index (Phi) is 6.56. The zero-order valence-corrected chi connectivity index (χ0v) is 12.5. The standard InChI is InChI=1S/C14H26N4O/c1-5-7-15-8-9-16-14(19)13-10-12(11(3)4)17-18(13)6-2/h10-11,15H,5-9H2,1-4H3,(H,16,19). The quantitative estimate of drug-likeness (QED) is 0.705. The number of carbonyl (C=O) groups is 1. The summed E-state index contributed by atoms with van der Waals surface area (Å²) in [5.74, 6) is 0.296. The number of aryl methyl sites for hydroxylation is 1. The normalized spacial score (nSPS) is 11.0. The van der Waals surface area contributed by atoms with Crippen LogP contribution in [0.1, 0.15) is 56.2 Å². The first-order chi connectivity index (χ1) is 9.10. The fourth-order valence-electron chi connectivity index (χ4n) is 1.80. The summed E-state index contributed by atoms with van der Waals surface area (Å²) in [6.45, 7) is 11.4. The first-order valence-corrected chi connectivity index (χ1v) is 7.16. The zero-order chi connectivity index (χ0) is 14.3. The Morgan fingerprint density at radius 3 is 2.63 bits per heavy atom. The number of nitrogens with one attached hydrogen (secondary N) is 2. The first-order valence-electron chi connectivity index (χ1n) is 7.16. The lowest BCUT2D eigenvalue weighted by atomic mass is 10.1. The van der Waals surface area contributed by atoms with E-state index in [1.165, 1.54) is 0 Å². The highest BCUT2D eigenvalue weighted by Gasteiger charge is 2.15. The molecule has 0 spiro atoms. The monoisotopic (exact) mass is 266 g/mol. The van der Waals surface area contributed by atoms with Crippen LogP contribution in [0.15, 0.2) is 6.07 Å². The minimum Gasteiger partial charge on any atom is -0.349 e. The SMILES string of the molecule is CCCNCCNC(=O)c1cc(C(C)C)nn1CC. The molecule has 0 unspecified atom stereocenters. The number of carbonyl (C=O) groups excluding carboxylic acids is 1. The van der Waals surface area contributed by atoms with Crippen molar-refractivity contribution in [2.24, 2.45) is 0 Å². The van der Waals surface area contributed by atoms with Crippen molar-refractivity contribution in [3.63, 3.8) is 0 Å². The molecule has 5 heteroatoms. The third-order valence-corrected chi connectivity index (χ3v) is 2.94. The highest BCUT2D eigenvalue weighted by atomic mass is 16.2. The molecule has 0 saturated carbocycles. The van der Waals surface area contributed by atoms with E-state index in [2.05, 4.69) is 36.5 Å². The number of rotatable bonds is 8. The maximum absolute atomic E-state index is 12.1. The van der Waals surface area contributed by atoms with Crippen molar-refractivity contribution < 1.29 is 4.79 Å². The Morgan fingerprint density at radius 2 is 2.05 bits per heavy atom. The fraction of sp³-hybridized carbons (Fsp3) is 0.714. The molecule has 0 radical (unpaired) electrons. The van der Waals surface area contributed by atoms with E-state index in [0.29, 0.717) is 24.7 Å². The molecule has 1 heterocycles. The maximum Gasteiger partial charge on any atom is 0.269 e. The van der Waals surface area contributed by atoms with Gasteiger partial charge in [-0.15, -0.1) is 0 Å². The van der Waals surface area contributed by atoms with E-state index in [9.17, 15) is 4.79 Å². The van der Waals surface area contributed by atoms with Gasteiger partial charge in [-0.25, -0.2) is 0 Å². The van der Waals surface area contributed by atoms with Crippen LogP contribution < -0.4 is 10.6 Å². The van der Waals surface area contributed by atoms with E-state index in [-0.39, 0.29) is 5.91 Å². The minimum absolute atomic E-state index is 0.0421. The molecule has 1 aromatic rings. The van der Waals surface area contributed by atoms with Gasteiger partial charge in [0.2, 0.25) is 0 Å². The lowest BCUT2D eigenvalue weighted by molar-refractivity contribution is 0.0943. The molecule has 108 valence electrons. The van der Waals surface area contributed by atoms with Crippen molar-refractivity contribution in [3.05, 3.63) is 17.5 Å². The Hall–Kier alpha value is -1.36. The summed E-state index contributed by atoms with van der Waals surface area (Å²) >= 11 is 0. The van der Waals surface area contributed by atoms with Gasteiger partial charge in [0, 0.05) is 19.6 Å². The van der Waals surface area contributed by atoms with Gasteiger partial charge < -0.3 is 10.6 Å². The molecule has 0 bridgehead atoms. The van der Waals surface area contributed by atoms with Crippen LogP contribution in [0.5, 0.6) is 0 Å². The largest absolute Gasteiger partial charge is 0.349 e. The van der Waals surface area contributed by atoms with E-state index in [4.69, 9.17) is 0 Å². The van der Waals surface area contributed by atoms with Crippen LogP contribution in [0.25, 0.3) is 0 Å². The summed E-state index contributed by atoms with van der Waals surface area (Å²) in [4.78, 5) is 12.1. The van der Waals surface area contributed by atoms with Gasteiger partial charge in [0.15, 0.2) is 0 Å². The summed E-state index contributed by atoms with van der Waals surface area (Å²) < 4.78 is 1.77. The number of hydrogen-bond acceptors (Lipinski definition) is 3. The van der Waals surface area contributed by atoms with E-state index in [1.54, 1.807) is 4.68 Å². The smallest absolute Gasteiger partial charge is 0.269 e. The van der Waals surface area contributed by atoms with Crippen LogP contribution in [0.2, 0.25) is 0 Å². The molecular weight excluding hydrogens is 240 g/mol. The van der Waals surface area contributed by atoms with Gasteiger partial charge in [-0.05, 0) is 31.9 Å². The number of amides is 1. The molecule has 2 N–H and O–H groups in total. The van der Waals surface area contributed by atoms with E-state index < -0.39 is 0 Å². The summed E-state index contributed by atoms with van der Waals surface area (Å²) in [7, 11) is 0. The van der Waals surface area contributed by atoms with Gasteiger partial charge in [0.25, 0.3) is 5.91 Å². The van der Waals surface area contributed by atoms with Crippen molar-refractivity contribution in [3.8, 4) is 0 Å². The molecule has 5 nitrogen and oxygen atoms in total. The highest BCUT2D eigenvalue weighted by molar-refractivity contribution is 5.92. The molecule has 0 aliphatic carbocycles. The lowest BCUT2D eigenvalue weighted by Crippen LogP contribution is -2.33. The summed E-state index contributed by atoms with van der Waals surface area (Å²) in [6, 6.07) is 1.89. The second-order valence-corrected chi connectivity index (χ2v) is 4.93. The third kappa shape index (κ3) is 4.67. The molecule has 0 fully saturated rings. The van der Waals surface area contributed by atoms with Gasteiger partial charge in [-0.3, -0.25) is 9.48 Å². The molecule has 0 atom stereocenters. The van der Waals surface area contributed by atoms with Gasteiger partial charge in [-0.1, -0.05) is 20.8 Å². The Bertz CT molecular complexity index is 398. The summed E-state index contributed by atoms with van der Waals surface area (Å²) in [5, 5.41) is 10.6. The summed E-state index contributed by atoms with van der Waals surface area (Å²) in [5.41, 5.74) is 1.62. The topological polar surface area (TPSA) is 58.9 Å². The van der Waals surface area contributed by atoms with Crippen LogP contribution in [-0.4, -0.2) is 35.3 Å². The van der Waals surface area contributed by atoms with E-state index in [1.807, 2.05) is 13.0 Å². The maximum atomic E-state index is 12.1. The summed E-state index contributed by atoms with van der Waals surface area (Å²) in [6.07, 6.45) is 1.11. The van der Waals surface area contributed by atoms with Crippen LogP contribution in [0.3, 0.4) is 0 Å². The van der Waals surface area contributed by atoms with Crippen LogP contribution >= 0.6 is 0 Å². The van der Waals surface area contributed by atoms with Crippen molar-refractivity contribution in [2.45, 2.75) is 46.6 Å². The number of aromatic nitrogens is 2. The predicted octanol–water partition coefficient (Wildman–Crippen LogP) is 1.76. The molecule has 1 aromatic heterocycles. The second kappa shape index (κ2) is 7.94. The molecule has 1 amide bonds. The number of hydrogen-bond donors (Lipinski definition) is 2. The van der Waals surface area contributed by atoms with Crippen molar-refractivity contribution in [1.82, 2.24) is 20.4 Å². The van der Waals surface area contributed by atoms with Gasteiger partial charge >= 0.3 is 0 Å². The zero-order valence-electron chi connectivity index (χ0n) is 12.5. The minimum atomic E-state index is -0.0421. The van der Waals surface area contributed by atoms with Crippen LogP contribution in [0, 0.1) is 0 Å². The average molecular weight is 266 g/mol. The Morgan fingerprint density at radius 1 is 1.32 bits per heavy atom.